The van der Waals surface area contributed by atoms with Crippen molar-refractivity contribution < 1.29 is 9.18 Å². The monoisotopic (exact) mass is 399 g/mol. The Morgan fingerprint density at radius 2 is 1.95 bits per heavy atom. The minimum atomic E-state index is -0.424. The molecule has 0 aliphatic rings. The van der Waals surface area contributed by atoms with Crippen molar-refractivity contribution in [2.75, 3.05) is 7.05 Å². The van der Waals surface area contributed by atoms with E-state index in [0.29, 0.717) is 16.6 Å². The third kappa shape index (κ3) is 3.67. The SMILES string of the molecule is CN(Cc1cccc(Br)c1)C(=O)c1cc(F)ccc1Br. The van der Waals surface area contributed by atoms with Crippen LogP contribution in [0.25, 0.3) is 0 Å². The molecule has 0 aliphatic carbocycles. The van der Waals surface area contributed by atoms with Crippen molar-refractivity contribution in [1.29, 1.82) is 0 Å². The lowest BCUT2D eigenvalue weighted by atomic mass is 10.1. The summed E-state index contributed by atoms with van der Waals surface area (Å²) in [5, 5.41) is 0. The molecule has 0 heterocycles. The molecule has 0 bridgehead atoms. The van der Waals surface area contributed by atoms with Crippen LogP contribution >= 0.6 is 31.9 Å². The molecule has 0 fully saturated rings. The maximum atomic E-state index is 13.3. The molecule has 0 saturated carbocycles. The number of carbonyl (C=O) groups excluding carboxylic acids is 1. The fourth-order valence-corrected chi connectivity index (χ4v) is 2.71. The molecule has 1 amide bonds. The van der Waals surface area contributed by atoms with Crippen LogP contribution in [0, 0.1) is 5.82 Å². The minimum Gasteiger partial charge on any atom is -0.337 e. The molecule has 2 rings (SSSR count). The topological polar surface area (TPSA) is 20.3 Å². The van der Waals surface area contributed by atoms with E-state index in [9.17, 15) is 9.18 Å². The first-order chi connectivity index (χ1) is 9.47. The van der Waals surface area contributed by atoms with E-state index in [4.69, 9.17) is 0 Å². The first-order valence-electron chi connectivity index (χ1n) is 5.92. The average molecular weight is 401 g/mol. The van der Waals surface area contributed by atoms with Gasteiger partial charge >= 0.3 is 0 Å². The Morgan fingerprint density at radius 3 is 2.65 bits per heavy atom. The number of benzene rings is 2. The second-order valence-electron chi connectivity index (χ2n) is 4.42. The Labute approximate surface area is 133 Å². The first kappa shape index (κ1) is 15.2. The van der Waals surface area contributed by atoms with Gasteiger partial charge in [-0.15, -0.1) is 0 Å². The second kappa shape index (κ2) is 6.50. The molecule has 0 radical (unpaired) electrons. The van der Waals surface area contributed by atoms with Gasteiger partial charge in [0, 0.05) is 22.5 Å². The molecule has 0 atom stereocenters. The number of hydrogen-bond donors (Lipinski definition) is 0. The summed E-state index contributed by atoms with van der Waals surface area (Å²) in [4.78, 5) is 13.9. The van der Waals surface area contributed by atoms with Crippen LogP contribution in [0.3, 0.4) is 0 Å². The predicted octanol–water partition coefficient (Wildman–Crippen LogP) is 4.62. The van der Waals surface area contributed by atoms with Gasteiger partial charge < -0.3 is 4.90 Å². The van der Waals surface area contributed by atoms with Gasteiger partial charge in [0.25, 0.3) is 5.91 Å². The molecule has 2 aromatic carbocycles. The molecule has 5 heteroatoms. The highest BCUT2D eigenvalue weighted by molar-refractivity contribution is 9.10. The number of rotatable bonds is 3. The third-order valence-corrected chi connectivity index (χ3v) is 4.00. The summed E-state index contributed by atoms with van der Waals surface area (Å²) in [6.45, 7) is 0.460. The van der Waals surface area contributed by atoms with E-state index >= 15 is 0 Å². The Bertz CT molecular complexity index is 646. The molecule has 0 N–H and O–H groups in total. The van der Waals surface area contributed by atoms with Crippen molar-refractivity contribution in [3.63, 3.8) is 0 Å². The molecule has 2 aromatic rings. The zero-order valence-corrected chi connectivity index (χ0v) is 13.9. The highest BCUT2D eigenvalue weighted by Gasteiger charge is 2.16. The Balaban J connectivity index is 2.18. The van der Waals surface area contributed by atoms with Gasteiger partial charge in [0.05, 0.1) is 5.56 Å². The molecule has 0 saturated heterocycles. The molecule has 0 unspecified atom stereocenters. The van der Waals surface area contributed by atoms with E-state index < -0.39 is 5.82 Å². The van der Waals surface area contributed by atoms with Crippen molar-refractivity contribution in [2.45, 2.75) is 6.54 Å². The molecule has 0 spiro atoms. The summed E-state index contributed by atoms with van der Waals surface area (Å²) in [7, 11) is 1.70. The lowest BCUT2D eigenvalue weighted by Crippen LogP contribution is -2.26. The van der Waals surface area contributed by atoms with Crippen LogP contribution in [0.5, 0.6) is 0 Å². The van der Waals surface area contributed by atoms with Crippen LogP contribution in [0.15, 0.2) is 51.4 Å². The average Bonchev–Trinajstić information content (AvgIpc) is 2.40. The molecular formula is C15H12Br2FNO. The number of halogens is 3. The predicted molar refractivity (Wildman–Crippen MR) is 84.0 cm³/mol. The van der Waals surface area contributed by atoms with Crippen molar-refractivity contribution in [3.8, 4) is 0 Å². The molecule has 0 aromatic heterocycles. The molecule has 104 valence electrons. The van der Waals surface area contributed by atoms with Gasteiger partial charge in [-0.25, -0.2) is 4.39 Å². The molecule has 20 heavy (non-hydrogen) atoms. The van der Waals surface area contributed by atoms with Crippen molar-refractivity contribution in [1.82, 2.24) is 4.90 Å². The van der Waals surface area contributed by atoms with Gasteiger partial charge in [-0.2, -0.15) is 0 Å². The van der Waals surface area contributed by atoms with Crippen LogP contribution in [-0.2, 0) is 6.54 Å². The first-order valence-corrected chi connectivity index (χ1v) is 7.51. The standard InChI is InChI=1S/C15H12Br2FNO/c1-19(9-10-3-2-4-11(16)7-10)15(20)13-8-12(18)5-6-14(13)17/h2-8H,9H2,1H3. The van der Waals surface area contributed by atoms with E-state index in [1.165, 1.54) is 18.2 Å². The molecule has 2 nitrogen and oxygen atoms in total. The number of hydrogen-bond acceptors (Lipinski definition) is 1. The number of carbonyl (C=O) groups is 1. The summed E-state index contributed by atoms with van der Waals surface area (Å²) in [5.41, 5.74) is 1.32. The van der Waals surface area contributed by atoms with Crippen LogP contribution in [0.4, 0.5) is 4.39 Å². The van der Waals surface area contributed by atoms with Crippen LogP contribution in [0.2, 0.25) is 0 Å². The Hall–Kier alpha value is -1.20. The van der Waals surface area contributed by atoms with Crippen molar-refractivity contribution in [3.05, 3.63) is 68.4 Å². The maximum Gasteiger partial charge on any atom is 0.255 e. The summed E-state index contributed by atoms with van der Waals surface area (Å²) < 4.78 is 14.8. The summed E-state index contributed by atoms with van der Waals surface area (Å²) >= 11 is 6.67. The summed E-state index contributed by atoms with van der Waals surface area (Å²) in [6, 6.07) is 11.8. The van der Waals surface area contributed by atoms with Gasteiger partial charge in [-0.05, 0) is 51.8 Å². The Morgan fingerprint density at radius 1 is 1.20 bits per heavy atom. The zero-order valence-electron chi connectivity index (χ0n) is 10.7. The van der Waals surface area contributed by atoms with E-state index in [1.54, 1.807) is 11.9 Å². The minimum absolute atomic E-state index is 0.226. The van der Waals surface area contributed by atoms with Gasteiger partial charge in [-0.1, -0.05) is 28.1 Å². The van der Waals surface area contributed by atoms with Gasteiger partial charge in [0.1, 0.15) is 5.82 Å². The van der Waals surface area contributed by atoms with Crippen LogP contribution in [0.1, 0.15) is 15.9 Å². The number of amides is 1. The normalized spacial score (nSPS) is 10.4. The van der Waals surface area contributed by atoms with Crippen molar-refractivity contribution in [2.24, 2.45) is 0 Å². The lowest BCUT2D eigenvalue weighted by Gasteiger charge is -2.18. The number of nitrogens with zero attached hydrogens (tertiary/aromatic N) is 1. The summed E-state index contributed by atoms with van der Waals surface area (Å²) in [5.74, 6) is -0.649. The third-order valence-electron chi connectivity index (χ3n) is 2.81. The second-order valence-corrected chi connectivity index (χ2v) is 6.19. The van der Waals surface area contributed by atoms with E-state index in [0.717, 1.165) is 10.0 Å². The van der Waals surface area contributed by atoms with Gasteiger partial charge in [0.2, 0.25) is 0 Å². The fourth-order valence-electron chi connectivity index (χ4n) is 1.85. The van der Waals surface area contributed by atoms with Crippen LogP contribution < -0.4 is 0 Å². The maximum absolute atomic E-state index is 13.3. The van der Waals surface area contributed by atoms with E-state index in [1.807, 2.05) is 24.3 Å². The largest absolute Gasteiger partial charge is 0.337 e. The fraction of sp³-hybridized carbons (Fsp3) is 0.133. The molecule has 0 aliphatic heterocycles. The highest BCUT2D eigenvalue weighted by Crippen LogP contribution is 2.20. The van der Waals surface area contributed by atoms with E-state index in [-0.39, 0.29) is 5.91 Å². The van der Waals surface area contributed by atoms with Crippen molar-refractivity contribution >= 4 is 37.8 Å². The quantitative estimate of drug-likeness (QED) is 0.735. The zero-order chi connectivity index (χ0) is 14.7. The van der Waals surface area contributed by atoms with E-state index in [2.05, 4.69) is 31.9 Å². The van der Waals surface area contributed by atoms with Gasteiger partial charge in [0.15, 0.2) is 0 Å². The van der Waals surface area contributed by atoms with Crippen LogP contribution in [-0.4, -0.2) is 17.9 Å². The Kier molecular flexibility index (Phi) is 4.94. The van der Waals surface area contributed by atoms with Gasteiger partial charge in [-0.3, -0.25) is 4.79 Å². The molecular weight excluding hydrogens is 389 g/mol. The lowest BCUT2D eigenvalue weighted by molar-refractivity contribution is 0.0783. The highest BCUT2D eigenvalue weighted by atomic mass is 79.9. The smallest absolute Gasteiger partial charge is 0.255 e. The summed E-state index contributed by atoms with van der Waals surface area (Å²) in [6.07, 6.45) is 0.